The number of aromatic hydroxyl groups is 1. The molecule has 0 aliphatic heterocycles. The Bertz CT molecular complexity index is 275. The molecule has 1 rings (SSSR count). The van der Waals surface area contributed by atoms with Gasteiger partial charge in [0.15, 0.2) is 0 Å². The molecule has 1 atom stereocenters. The molecule has 0 heterocycles. The van der Waals surface area contributed by atoms with Gasteiger partial charge in [-0.1, -0.05) is 0 Å². The van der Waals surface area contributed by atoms with Crippen molar-refractivity contribution in [2.75, 3.05) is 0 Å². The summed E-state index contributed by atoms with van der Waals surface area (Å²) in [7, 11) is 2.10. The number of rotatable bonds is 0. The molecule has 1 aromatic carbocycles. The topological polar surface area (TPSA) is 20.2 Å². The minimum Gasteiger partial charge on any atom is -0.508 e. The lowest BCUT2D eigenvalue weighted by molar-refractivity contribution is -0.137. The summed E-state index contributed by atoms with van der Waals surface area (Å²) >= 11 is 0. The molecule has 0 aliphatic rings. The standard InChI is InChI=1S/C7H6F3OP/c8-7(9,10)4-1-5(11)3-6(12)2-4/h1-3,11H,12H2. The summed E-state index contributed by atoms with van der Waals surface area (Å²) < 4.78 is 36.1. The molecule has 5 heteroatoms. The van der Waals surface area contributed by atoms with Gasteiger partial charge in [-0.05, 0) is 23.5 Å². The highest BCUT2D eigenvalue weighted by Crippen LogP contribution is 2.30. The lowest BCUT2D eigenvalue weighted by Crippen LogP contribution is -2.07. The monoisotopic (exact) mass is 194 g/mol. The summed E-state index contributed by atoms with van der Waals surface area (Å²) in [6, 6.07) is 2.87. The number of hydrogen-bond acceptors (Lipinski definition) is 1. The van der Waals surface area contributed by atoms with Gasteiger partial charge in [-0.15, -0.1) is 9.24 Å². The number of hydrogen-bond donors (Lipinski definition) is 1. The van der Waals surface area contributed by atoms with E-state index in [0.29, 0.717) is 11.4 Å². The third-order valence-electron chi connectivity index (χ3n) is 1.27. The maximum absolute atomic E-state index is 12.0. The zero-order chi connectivity index (χ0) is 9.35. The molecule has 66 valence electrons. The number of benzene rings is 1. The van der Waals surface area contributed by atoms with Crippen LogP contribution in [0.5, 0.6) is 5.75 Å². The maximum Gasteiger partial charge on any atom is 0.416 e. The van der Waals surface area contributed by atoms with Crippen LogP contribution in [0.25, 0.3) is 0 Å². The Morgan fingerprint density at radius 1 is 1.17 bits per heavy atom. The van der Waals surface area contributed by atoms with E-state index in [1.54, 1.807) is 0 Å². The molecule has 0 aromatic heterocycles. The largest absolute Gasteiger partial charge is 0.508 e. The highest BCUT2D eigenvalue weighted by Gasteiger charge is 2.30. The Morgan fingerprint density at radius 3 is 2.17 bits per heavy atom. The third-order valence-corrected chi connectivity index (χ3v) is 1.60. The average Bonchev–Trinajstić information content (AvgIpc) is 1.82. The van der Waals surface area contributed by atoms with Crippen LogP contribution >= 0.6 is 9.24 Å². The fraction of sp³-hybridized carbons (Fsp3) is 0.143. The van der Waals surface area contributed by atoms with Crippen molar-refractivity contribution in [3.63, 3.8) is 0 Å². The van der Waals surface area contributed by atoms with E-state index >= 15 is 0 Å². The van der Waals surface area contributed by atoms with Gasteiger partial charge >= 0.3 is 6.18 Å². The van der Waals surface area contributed by atoms with Crippen molar-refractivity contribution in [2.24, 2.45) is 0 Å². The number of phenols is 1. The molecular formula is C7H6F3OP. The van der Waals surface area contributed by atoms with Crippen molar-refractivity contribution >= 4 is 14.5 Å². The van der Waals surface area contributed by atoms with E-state index in [2.05, 4.69) is 9.24 Å². The molecule has 0 saturated heterocycles. The van der Waals surface area contributed by atoms with Gasteiger partial charge in [-0.2, -0.15) is 13.2 Å². The summed E-state index contributed by atoms with van der Waals surface area (Å²) in [5, 5.41) is 9.15. The predicted octanol–water partition coefficient (Wildman–Crippen LogP) is 1.91. The molecule has 1 unspecified atom stereocenters. The van der Waals surface area contributed by atoms with E-state index in [1.807, 2.05) is 0 Å². The first kappa shape index (κ1) is 9.33. The van der Waals surface area contributed by atoms with Crippen LogP contribution in [0.3, 0.4) is 0 Å². The van der Waals surface area contributed by atoms with Crippen molar-refractivity contribution in [1.82, 2.24) is 0 Å². The summed E-state index contributed by atoms with van der Waals surface area (Å²) in [5.74, 6) is -0.380. The Hall–Kier alpha value is -0.760. The van der Waals surface area contributed by atoms with Gasteiger partial charge in [0.1, 0.15) is 5.75 Å². The first-order valence-corrected chi connectivity index (χ1v) is 3.64. The van der Waals surface area contributed by atoms with Crippen LogP contribution in [-0.4, -0.2) is 5.11 Å². The molecule has 1 nitrogen and oxygen atoms in total. The number of halogens is 3. The van der Waals surface area contributed by atoms with E-state index < -0.39 is 11.7 Å². The molecule has 1 N–H and O–H groups in total. The van der Waals surface area contributed by atoms with Crippen molar-refractivity contribution < 1.29 is 18.3 Å². The van der Waals surface area contributed by atoms with Crippen LogP contribution in [0.2, 0.25) is 0 Å². The fourth-order valence-electron chi connectivity index (χ4n) is 0.798. The second-order valence-corrected chi connectivity index (χ2v) is 2.98. The molecule has 1 aromatic rings. The van der Waals surface area contributed by atoms with Crippen LogP contribution in [0.4, 0.5) is 13.2 Å². The fourth-order valence-corrected chi connectivity index (χ4v) is 1.15. The molecule has 0 aliphatic carbocycles. The van der Waals surface area contributed by atoms with Crippen molar-refractivity contribution in [2.45, 2.75) is 6.18 Å². The molecular weight excluding hydrogens is 188 g/mol. The first-order valence-electron chi connectivity index (χ1n) is 3.06. The van der Waals surface area contributed by atoms with Gasteiger partial charge in [0.25, 0.3) is 0 Å². The average molecular weight is 194 g/mol. The molecule has 0 fully saturated rings. The van der Waals surface area contributed by atoms with Crippen LogP contribution in [-0.2, 0) is 6.18 Å². The van der Waals surface area contributed by atoms with Gasteiger partial charge in [0.05, 0.1) is 5.56 Å². The first-order chi connectivity index (χ1) is 5.39. The van der Waals surface area contributed by atoms with E-state index in [0.717, 1.165) is 6.07 Å². The second kappa shape index (κ2) is 2.94. The Morgan fingerprint density at radius 2 is 1.75 bits per heavy atom. The molecule has 0 saturated carbocycles. The zero-order valence-electron chi connectivity index (χ0n) is 5.89. The second-order valence-electron chi connectivity index (χ2n) is 2.31. The molecule has 0 spiro atoms. The normalized spacial score (nSPS) is 11.7. The van der Waals surface area contributed by atoms with E-state index in [9.17, 15) is 13.2 Å². The molecule has 0 bridgehead atoms. The zero-order valence-corrected chi connectivity index (χ0v) is 7.05. The number of alkyl halides is 3. The van der Waals surface area contributed by atoms with Crippen LogP contribution in [0.1, 0.15) is 5.56 Å². The minimum atomic E-state index is -4.40. The smallest absolute Gasteiger partial charge is 0.416 e. The van der Waals surface area contributed by atoms with Crippen LogP contribution in [0, 0.1) is 0 Å². The van der Waals surface area contributed by atoms with Gasteiger partial charge in [-0.25, -0.2) is 0 Å². The Balaban J connectivity index is 3.18. The van der Waals surface area contributed by atoms with Crippen molar-refractivity contribution in [1.29, 1.82) is 0 Å². The Kier molecular flexibility index (Phi) is 2.29. The number of phenolic OH excluding ortho intramolecular Hbond substituents is 1. The summed E-state index contributed by atoms with van der Waals surface area (Å²) in [6.07, 6.45) is -4.40. The van der Waals surface area contributed by atoms with Crippen molar-refractivity contribution in [3.8, 4) is 5.75 Å². The van der Waals surface area contributed by atoms with Gasteiger partial charge in [0.2, 0.25) is 0 Å². The van der Waals surface area contributed by atoms with Gasteiger partial charge in [-0.3, -0.25) is 0 Å². The van der Waals surface area contributed by atoms with Gasteiger partial charge in [0, 0.05) is 0 Å². The third kappa shape index (κ3) is 2.11. The highest BCUT2D eigenvalue weighted by molar-refractivity contribution is 7.27. The van der Waals surface area contributed by atoms with Crippen molar-refractivity contribution in [3.05, 3.63) is 23.8 Å². The van der Waals surface area contributed by atoms with E-state index in [4.69, 9.17) is 5.11 Å². The highest BCUT2D eigenvalue weighted by atomic mass is 31.0. The molecule has 12 heavy (non-hydrogen) atoms. The maximum atomic E-state index is 12.0. The van der Waals surface area contributed by atoms with E-state index in [-0.39, 0.29) is 5.75 Å². The molecule has 0 radical (unpaired) electrons. The summed E-state index contributed by atoms with van der Waals surface area (Å²) in [6.45, 7) is 0. The lowest BCUT2D eigenvalue weighted by Gasteiger charge is -2.07. The van der Waals surface area contributed by atoms with Gasteiger partial charge < -0.3 is 5.11 Å². The quantitative estimate of drug-likeness (QED) is 0.625. The lowest BCUT2D eigenvalue weighted by atomic mass is 10.2. The Labute approximate surface area is 69.4 Å². The van der Waals surface area contributed by atoms with E-state index in [1.165, 1.54) is 6.07 Å². The summed E-state index contributed by atoms with van der Waals surface area (Å²) in [5.41, 5.74) is -0.840. The van der Waals surface area contributed by atoms with Crippen LogP contribution in [0.15, 0.2) is 18.2 Å². The SMILES string of the molecule is Oc1cc(P)cc(C(F)(F)F)c1. The minimum absolute atomic E-state index is 0.308. The predicted molar refractivity (Wildman–Crippen MR) is 42.5 cm³/mol. The molecule has 0 amide bonds. The van der Waals surface area contributed by atoms with Crippen LogP contribution < -0.4 is 5.30 Å². The summed E-state index contributed by atoms with van der Waals surface area (Å²) in [4.78, 5) is 0.